The summed E-state index contributed by atoms with van der Waals surface area (Å²) < 4.78 is 32.1. The Balaban J connectivity index is 1.44. The van der Waals surface area contributed by atoms with E-state index in [1.165, 1.54) is 11.3 Å². The Morgan fingerprint density at radius 3 is 2.67 bits per heavy atom. The van der Waals surface area contributed by atoms with Gasteiger partial charge in [0.15, 0.2) is 16.1 Å². The second kappa shape index (κ2) is 11.9. The minimum atomic E-state index is -3.85. The number of carbonyl (C=O) groups excluding carboxylic acids is 2. The maximum absolute atomic E-state index is 14.0. The molecular weight excluding hydrogens is 557 g/mol. The maximum atomic E-state index is 14.0. The van der Waals surface area contributed by atoms with Crippen LogP contribution in [0.25, 0.3) is 9.75 Å². The number of hydrogen-bond acceptors (Lipinski definition) is 8. The predicted octanol–water partition coefficient (Wildman–Crippen LogP) is 4.91. The number of ether oxygens (including phenoxy) is 1. The van der Waals surface area contributed by atoms with Crippen molar-refractivity contribution in [1.29, 1.82) is 0 Å². The molecule has 1 unspecified atom stereocenters. The van der Waals surface area contributed by atoms with Gasteiger partial charge in [-0.3, -0.25) is 9.59 Å². The summed E-state index contributed by atoms with van der Waals surface area (Å²) in [6.45, 7) is 2.85. The highest BCUT2D eigenvalue weighted by Crippen LogP contribution is 2.46. The third-order valence-electron chi connectivity index (χ3n) is 7.24. The minimum Gasteiger partial charge on any atom is -0.350 e. The normalized spacial score (nSPS) is 23.2. The lowest BCUT2D eigenvalue weighted by Gasteiger charge is -2.31. The van der Waals surface area contributed by atoms with Gasteiger partial charge in [-0.15, -0.1) is 22.7 Å². The average Bonchev–Trinajstić information content (AvgIpc) is 3.58. The van der Waals surface area contributed by atoms with Crippen LogP contribution in [-0.4, -0.2) is 56.9 Å². The first kappa shape index (κ1) is 28.0. The van der Waals surface area contributed by atoms with E-state index in [1.54, 1.807) is 40.5 Å². The van der Waals surface area contributed by atoms with Gasteiger partial charge >= 0.3 is 0 Å². The number of sulfone groups is 1. The molecule has 1 N–H and O–H groups in total. The second-order valence-electron chi connectivity index (χ2n) is 9.99. The van der Waals surface area contributed by atoms with Crippen LogP contribution < -0.4 is 5.48 Å². The van der Waals surface area contributed by atoms with Gasteiger partial charge in [-0.1, -0.05) is 18.2 Å². The van der Waals surface area contributed by atoms with Gasteiger partial charge in [0, 0.05) is 46.3 Å². The fourth-order valence-electron chi connectivity index (χ4n) is 5.04. The number of hydroxylamine groups is 1. The van der Waals surface area contributed by atoms with Crippen molar-refractivity contribution in [2.75, 3.05) is 25.4 Å². The molecule has 2 amide bonds. The number of carbonyl (C=O) groups is 2. The molecule has 8 nitrogen and oxygen atoms in total. The number of thiophene rings is 2. The second-order valence-corrected chi connectivity index (χ2v) is 14.4. The van der Waals surface area contributed by atoms with E-state index >= 15 is 0 Å². The van der Waals surface area contributed by atoms with Gasteiger partial charge in [-0.2, -0.15) is 0 Å². The number of amides is 2. The molecule has 0 bridgehead atoms. The summed E-state index contributed by atoms with van der Waals surface area (Å²) in [5, 5.41) is 2.05. The lowest BCUT2D eigenvalue weighted by molar-refractivity contribution is -0.200. The standard InChI is InChI=1S/C28H32N2O6S3/c1-20-17-23(37-19-20)22-10-11-24(38-22)28(18-25(31)29-36-26-9-5-6-15-35-26)12-13-30(14-16-39(28,33)34)27(32)21-7-3-2-4-8-21/h2-4,7-8,10-11,17,19,26H,5-6,9,12-16,18H2,1H3,(H,29,31)/t26?,28-/m0/s1. The van der Waals surface area contributed by atoms with Crippen molar-refractivity contribution in [3.63, 3.8) is 0 Å². The molecule has 11 heteroatoms. The first-order valence-electron chi connectivity index (χ1n) is 13.1. The fourth-order valence-corrected chi connectivity index (χ4v) is 9.65. The topological polar surface area (TPSA) is 102 Å². The van der Waals surface area contributed by atoms with Gasteiger partial charge < -0.3 is 9.64 Å². The van der Waals surface area contributed by atoms with E-state index in [0.717, 1.165) is 28.2 Å². The quantitative estimate of drug-likeness (QED) is 0.394. The predicted molar refractivity (Wildman–Crippen MR) is 152 cm³/mol. The van der Waals surface area contributed by atoms with Crippen molar-refractivity contribution >= 4 is 44.3 Å². The zero-order chi connectivity index (χ0) is 27.5. The largest absolute Gasteiger partial charge is 0.350 e. The van der Waals surface area contributed by atoms with Crippen LogP contribution in [0.4, 0.5) is 0 Å². The Bertz CT molecular complexity index is 1410. The number of nitrogens with zero attached hydrogens (tertiary/aromatic N) is 1. The van der Waals surface area contributed by atoms with Crippen LogP contribution in [-0.2, 0) is 29.0 Å². The van der Waals surface area contributed by atoms with Crippen molar-refractivity contribution in [2.45, 2.75) is 50.1 Å². The molecule has 2 aliphatic rings. The minimum absolute atomic E-state index is 0.0637. The third-order valence-corrected chi connectivity index (χ3v) is 12.4. The van der Waals surface area contributed by atoms with Gasteiger partial charge in [0.25, 0.3) is 5.91 Å². The molecule has 0 spiro atoms. The number of benzene rings is 1. The van der Waals surface area contributed by atoms with Gasteiger partial charge in [0.05, 0.1) is 12.2 Å². The van der Waals surface area contributed by atoms with Crippen molar-refractivity contribution in [3.8, 4) is 9.75 Å². The van der Waals surface area contributed by atoms with Crippen LogP contribution in [0.15, 0.2) is 53.9 Å². The first-order chi connectivity index (χ1) is 18.8. The molecule has 1 aromatic carbocycles. The van der Waals surface area contributed by atoms with Gasteiger partial charge in [-0.05, 0) is 67.5 Å². The smallest absolute Gasteiger partial charge is 0.253 e. The van der Waals surface area contributed by atoms with Crippen molar-refractivity contribution in [3.05, 3.63) is 69.9 Å². The van der Waals surface area contributed by atoms with Gasteiger partial charge in [0.2, 0.25) is 5.91 Å². The van der Waals surface area contributed by atoms with E-state index in [0.29, 0.717) is 23.5 Å². The molecule has 5 rings (SSSR count). The molecule has 0 radical (unpaired) electrons. The molecule has 2 saturated heterocycles. The molecule has 208 valence electrons. The summed E-state index contributed by atoms with van der Waals surface area (Å²) in [5.74, 6) is -0.987. The number of hydrogen-bond donors (Lipinski definition) is 1. The van der Waals surface area contributed by atoms with E-state index in [2.05, 4.69) is 16.9 Å². The summed E-state index contributed by atoms with van der Waals surface area (Å²) in [5.41, 5.74) is 4.10. The van der Waals surface area contributed by atoms with Crippen LogP contribution in [0.3, 0.4) is 0 Å². The van der Waals surface area contributed by atoms with E-state index in [-0.39, 0.29) is 37.6 Å². The Morgan fingerprint density at radius 2 is 1.95 bits per heavy atom. The molecule has 0 saturated carbocycles. The summed E-state index contributed by atoms with van der Waals surface area (Å²) in [7, 11) is -3.85. The highest BCUT2D eigenvalue weighted by molar-refractivity contribution is 7.92. The van der Waals surface area contributed by atoms with Crippen LogP contribution in [0.2, 0.25) is 0 Å². The molecular formula is C28H32N2O6S3. The molecule has 3 aromatic rings. The molecule has 2 aliphatic heterocycles. The highest BCUT2D eigenvalue weighted by Gasteiger charge is 2.50. The lowest BCUT2D eigenvalue weighted by atomic mass is 9.97. The third kappa shape index (κ3) is 6.12. The van der Waals surface area contributed by atoms with E-state index in [9.17, 15) is 18.0 Å². The van der Waals surface area contributed by atoms with Crippen LogP contribution in [0.1, 0.15) is 52.9 Å². The first-order valence-corrected chi connectivity index (χ1v) is 16.4. The fraction of sp³-hybridized carbons (Fsp3) is 0.429. The SMILES string of the molecule is Cc1csc(-c2ccc([C@@]3(CC(=O)NOC4CCCCO4)CCN(C(=O)c4ccccc4)CCS3(=O)=O)s2)c1. The summed E-state index contributed by atoms with van der Waals surface area (Å²) in [6, 6.07) is 14.7. The molecule has 2 aromatic heterocycles. The molecule has 0 aliphatic carbocycles. The molecule has 4 heterocycles. The Labute approximate surface area is 236 Å². The number of aryl methyl sites for hydroxylation is 1. The lowest BCUT2D eigenvalue weighted by Crippen LogP contribution is -2.43. The summed E-state index contributed by atoms with van der Waals surface area (Å²) in [4.78, 5) is 36.1. The summed E-state index contributed by atoms with van der Waals surface area (Å²) >= 11 is 2.99. The number of rotatable bonds is 7. The van der Waals surface area contributed by atoms with Gasteiger partial charge in [-0.25, -0.2) is 18.7 Å². The zero-order valence-corrected chi connectivity index (χ0v) is 24.2. The van der Waals surface area contributed by atoms with Crippen molar-refractivity contribution in [1.82, 2.24) is 10.4 Å². The monoisotopic (exact) mass is 588 g/mol. The van der Waals surface area contributed by atoms with E-state index in [4.69, 9.17) is 9.57 Å². The van der Waals surface area contributed by atoms with Crippen molar-refractivity contribution in [2.24, 2.45) is 0 Å². The molecule has 2 fully saturated rings. The Kier molecular flexibility index (Phi) is 8.53. The Hall–Kier alpha value is -2.57. The van der Waals surface area contributed by atoms with Crippen LogP contribution in [0.5, 0.6) is 0 Å². The number of nitrogens with one attached hydrogen (secondary N) is 1. The van der Waals surface area contributed by atoms with E-state index < -0.39 is 26.8 Å². The van der Waals surface area contributed by atoms with E-state index in [1.807, 2.05) is 25.1 Å². The summed E-state index contributed by atoms with van der Waals surface area (Å²) in [6.07, 6.45) is 1.79. The molecule has 39 heavy (non-hydrogen) atoms. The van der Waals surface area contributed by atoms with Crippen LogP contribution >= 0.6 is 22.7 Å². The maximum Gasteiger partial charge on any atom is 0.253 e. The molecule has 2 atom stereocenters. The zero-order valence-electron chi connectivity index (χ0n) is 21.8. The Morgan fingerprint density at radius 1 is 1.13 bits per heavy atom. The average molecular weight is 589 g/mol. The van der Waals surface area contributed by atoms with Gasteiger partial charge in [0.1, 0.15) is 4.75 Å². The van der Waals surface area contributed by atoms with Crippen molar-refractivity contribution < 1.29 is 27.6 Å². The van der Waals surface area contributed by atoms with Crippen LogP contribution in [0, 0.1) is 6.92 Å². The highest BCUT2D eigenvalue weighted by atomic mass is 32.2.